The molecule has 0 bridgehead atoms. The zero-order valence-corrected chi connectivity index (χ0v) is 15.3. The lowest BCUT2D eigenvalue weighted by molar-refractivity contribution is -0.115. The number of hydrogen-bond acceptors (Lipinski definition) is 6. The summed E-state index contributed by atoms with van der Waals surface area (Å²) in [7, 11) is 4.55. The molecule has 0 fully saturated rings. The number of hydrogen-bond donors (Lipinski definition) is 1. The molecular weight excluding hydrogens is 362 g/mol. The lowest BCUT2D eigenvalue weighted by atomic mass is 10.1. The second-order valence-corrected chi connectivity index (χ2v) is 5.81. The highest BCUT2D eigenvalue weighted by Crippen LogP contribution is 2.41. The van der Waals surface area contributed by atoms with Crippen molar-refractivity contribution in [1.29, 1.82) is 0 Å². The van der Waals surface area contributed by atoms with Crippen molar-refractivity contribution in [3.63, 3.8) is 0 Å². The van der Waals surface area contributed by atoms with Crippen LogP contribution < -0.4 is 29.0 Å². The van der Waals surface area contributed by atoms with E-state index < -0.39 is 0 Å². The minimum absolute atomic E-state index is 0.0638. The van der Waals surface area contributed by atoms with E-state index in [1.54, 1.807) is 24.3 Å². The molecule has 0 saturated heterocycles. The molecule has 8 heteroatoms. The fourth-order valence-electron chi connectivity index (χ4n) is 2.68. The Bertz CT molecular complexity index is 839. The Morgan fingerprint density at radius 2 is 1.77 bits per heavy atom. The van der Waals surface area contributed by atoms with Crippen molar-refractivity contribution in [2.24, 2.45) is 0 Å². The van der Waals surface area contributed by atoms with Crippen LogP contribution in [0.4, 0.5) is 5.69 Å². The Hall–Kier alpha value is -2.80. The largest absolute Gasteiger partial charge is 0.493 e. The van der Waals surface area contributed by atoms with Crippen molar-refractivity contribution >= 4 is 23.2 Å². The van der Waals surface area contributed by atoms with Crippen LogP contribution in [0, 0.1) is 0 Å². The second kappa shape index (κ2) is 7.61. The molecule has 0 aliphatic carbocycles. The van der Waals surface area contributed by atoms with Crippen LogP contribution in [-0.4, -0.2) is 34.0 Å². The SMILES string of the molecule is COc1ccc(CC(=O)Nc2cc3c(cc2Cl)OCO3)c(OC)c1OC. The smallest absolute Gasteiger partial charge is 0.231 e. The molecule has 2 aromatic carbocycles. The Morgan fingerprint density at radius 3 is 2.42 bits per heavy atom. The summed E-state index contributed by atoms with van der Waals surface area (Å²) in [5.41, 5.74) is 1.10. The number of rotatable bonds is 6. The molecule has 1 aliphatic rings. The molecule has 7 nitrogen and oxygen atoms in total. The van der Waals surface area contributed by atoms with Crippen molar-refractivity contribution in [1.82, 2.24) is 0 Å². The number of halogens is 1. The third-order valence-electron chi connectivity index (χ3n) is 3.87. The van der Waals surface area contributed by atoms with Crippen LogP contribution in [0.3, 0.4) is 0 Å². The molecule has 0 spiro atoms. The van der Waals surface area contributed by atoms with Gasteiger partial charge in [-0.25, -0.2) is 0 Å². The van der Waals surface area contributed by atoms with Gasteiger partial charge in [-0.3, -0.25) is 4.79 Å². The lowest BCUT2D eigenvalue weighted by Gasteiger charge is -2.16. The van der Waals surface area contributed by atoms with Gasteiger partial charge >= 0.3 is 0 Å². The average molecular weight is 380 g/mol. The van der Waals surface area contributed by atoms with Gasteiger partial charge in [0, 0.05) is 17.7 Å². The molecule has 1 heterocycles. The molecule has 3 rings (SSSR count). The van der Waals surface area contributed by atoms with Crippen LogP contribution in [-0.2, 0) is 11.2 Å². The monoisotopic (exact) mass is 379 g/mol. The maximum absolute atomic E-state index is 12.5. The number of nitrogens with one attached hydrogen (secondary N) is 1. The summed E-state index contributed by atoms with van der Waals surface area (Å²) in [5, 5.41) is 3.13. The van der Waals surface area contributed by atoms with Gasteiger partial charge in [0.25, 0.3) is 0 Å². The van der Waals surface area contributed by atoms with Crippen LogP contribution in [0.1, 0.15) is 5.56 Å². The van der Waals surface area contributed by atoms with Gasteiger partial charge < -0.3 is 29.0 Å². The summed E-state index contributed by atoms with van der Waals surface area (Å²) in [6.07, 6.45) is 0.0638. The van der Waals surface area contributed by atoms with Gasteiger partial charge in [-0.15, -0.1) is 0 Å². The number of methoxy groups -OCH3 is 3. The van der Waals surface area contributed by atoms with Gasteiger partial charge in [0.2, 0.25) is 18.4 Å². The predicted molar refractivity (Wildman–Crippen MR) is 96.0 cm³/mol. The zero-order valence-electron chi connectivity index (χ0n) is 14.6. The number of benzene rings is 2. The highest BCUT2D eigenvalue weighted by Gasteiger charge is 2.20. The standard InChI is InChI=1S/C18H18ClNO6/c1-22-13-5-4-10(17(23-2)18(13)24-3)6-16(21)20-12-8-15-14(7-11(12)19)25-9-26-15/h4-5,7-8H,6,9H2,1-3H3,(H,20,21). The van der Waals surface area contributed by atoms with Gasteiger partial charge in [0.15, 0.2) is 23.0 Å². The Morgan fingerprint density at radius 1 is 1.08 bits per heavy atom. The quantitative estimate of drug-likeness (QED) is 0.830. The molecular formula is C18H18ClNO6. The summed E-state index contributed by atoms with van der Waals surface area (Å²) in [5.74, 6) is 2.21. The third kappa shape index (κ3) is 3.43. The number of fused-ring (bicyclic) bond motifs is 1. The average Bonchev–Trinajstić information content (AvgIpc) is 3.08. The molecule has 0 atom stereocenters. The van der Waals surface area contributed by atoms with Gasteiger partial charge in [0.05, 0.1) is 38.5 Å². The van der Waals surface area contributed by atoms with E-state index in [4.69, 9.17) is 35.3 Å². The van der Waals surface area contributed by atoms with Gasteiger partial charge in [-0.1, -0.05) is 17.7 Å². The topological polar surface area (TPSA) is 75.3 Å². The number of ether oxygens (including phenoxy) is 5. The van der Waals surface area contributed by atoms with Crippen LogP contribution in [0.2, 0.25) is 5.02 Å². The molecule has 1 N–H and O–H groups in total. The highest BCUT2D eigenvalue weighted by molar-refractivity contribution is 6.34. The number of carbonyl (C=O) groups excluding carboxylic acids is 1. The maximum Gasteiger partial charge on any atom is 0.231 e. The number of anilines is 1. The predicted octanol–water partition coefficient (Wildman–Crippen LogP) is 3.28. The van der Waals surface area contributed by atoms with Crippen LogP contribution >= 0.6 is 11.6 Å². The molecule has 0 aromatic heterocycles. The molecule has 1 amide bonds. The molecule has 1 aliphatic heterocycles. The van der Waals surface area contributed by atoms with Crippen molar-refractivity contribution in [3.05, 3.63) is 34.9 Å². The molecule has 2 aromatic rings. The van der Waals surface area contributed by atoms with Crippen LogP contribution in [0.5, 0.6) is 28.7 Å². The van der Waals surface area contributed by atoms with E-state index in [1.807, 2.05) is 0 Å². The van der Waals surface area contributed by atoms with Crippen molar-refractivity contribution in [2.75, 3.05) is 33.4 Å². The van der Waals surface area contributed by atoms with Crippen LogP contribution in [0.25, 0.3) is 0 Å². The third-order valence-corrected chi connectivity index (χ3v) is 4.19. The summed E-state index contributed by atoms with van der Waals surface area (Å²) in [4.78, 5) is 12.5. The van der Waals surface area contributed by atoms with Gasteiger partial charge in [-0.05, 0) is 6.07 Å². The first-order chi connectivity index (χ1) is 12.6. The van der Waals surface area contributed by atoms with E-state index in [0.29, 0.717) is 45.0 Å². The normalized spacial score (nSPS) is 11.8. The molecule has 138 valence electrons. The molecule has 26 heavy (non-hydrogen) atoms. The van der Waals surface area contributed by atoms with E-state index in [9.17, 15) is 4.79 Å². The van der Waals surface area contributed by atoms with Gasteiger partial charge in [0.1, 0.15) is 0 Å². The lowest BCUT2D eigenvalue weighted by Crippen LogP contribution is -2.15. The van der Waals surface area contributed by atoms with Crippen molar-refractivity contribution in [2.45, 2.75) is 6.42 Å². The summed E-state index contributed by atoms with van der Waals surface area (Å²) in [6, 6.07) is 6.71. The van der Waals surface area contributed by atoms with Gasteiger partial charge in [-0.2, -0.15) is 0 Å². The first-order valence-electron chi connectivity index (χ1n) is 7.74. The van der Waals surface area contributed by atoms with E-state index >= 15 is 0 Å². The fourth-order valence-corrected chi connectivity index (χ4v) is 2.88. The van der Waals surface area contributed by atoms with Crippen LogP contribution in [0.15, 0.2) is 24.3 Å². The first-order valence-corrected chi connectivity index (χ1v) is 8.12. The Balaban J connectivity index is 1.81. The highest BCUT2D eigenvalue weighted by atomic mass is 35.5. The van der Waals surface area contributed by atoms with Crippen molar-refractivity contribution in [3.8, 4) is 28.7 Å². The zero-order chi connectivity index (χ0) is 18.7. The first kappa shape index (κ1) is 18.0. The summed E-state index contributed by atoms with van der Waals surface area (Å²) in [6.45, 7) is 0.131. The second-order valence-electron chi connectivity index (χ2n) is 5.40. The van der Waals surface area contributed by atoms with E-state index in [1.165, 1.54) is 21.3 Å². The van der Waals surface area contributed by atoms with E-state index in [-0.39, 0.29) is 19.1 Å². The molecule has 0 unspecified atom stereocenters. The molecule has 0 saturated carbocycles. The Labute approximate surface area is 155 Å². The van der Waals surface area contributed by atoms with Crippen molar-refractivity contribution < 1.29 is 28.5 Å². The minimum atomic E-state index is -0.267. The molecule has 0 radical (unpaired) electrons. The Kier molecular flexibility index (Phi) is 5.27. The minimum Gasteiger partial charge on any atom is -0.493 e. The fraction of sp³-hybridized carbons (Fsp3) is 0.278. The van der Waals surface area contributed by atoms with E-state index in [0.717, 1.165) is 0 Å². The number of carbonyl (C=O) groups is 1. The summed E-state index contributed by atoms with van der Waals surface area (Å²) < 4.78 is 26.5. The number of amides is 1. The summed E-state index contributed by atoms with van der Waals surface area (Å²) >= 11 is 6.19. The van der Waals surface area contributed by atoms with E-state index in [2.05, 4.69) is 5.32 Å². The maximum atomic E-state index is 12.5.